The zero-order valence-corrected chi connectivity index (χ0v) is 38.8. The van der Waals surface area contributed by atoms with Gasteiger partial charge in [-0.25, -0.2) is 13.2 Å². The molecule has 0 spiro atoms. The van der Waals surface area contributed by atoms with E-state index in [1.54, 1.807) is 26.0 Å². The lowest BCUT2D eigenvalue weighted by atomic mass is 9.64. The van der Waals surface area contributed by atoms with Gasteiger partial charge in [-0.3, -0.25) is 33.6 Å². The van der Waals surface area contributed by atoms with Crippen molar-refractivity contribution in [2.45, 2.75) is 153 Å². The molecule has 2 heterocycles. The molecule has 1 aliphatic carbocycles. The summed E-state index contributed by atoms with van der Waals surface area (Å²) in [6.45, 7) is 6.07. The van der Waals surface area contributed by atoms with Crippen molar-refractivity contribution < 1.29 is 59.9 Å². The first-order chi connectivity index (χ1) is 30.3. The highest BCUT2D eigenvalue weighted by molar-refractivity contribution is 6.33. The van der Waals surface area contributed by atoms with Crippen LogP contribution in [0.5, 0.6) is 0 Å². The Balaban J connectivity index is 1.63. The first-order valence-corrected chi connectivity index (χ1v) is 22.6. The van der Waals surface area contributed by atoms with Crippen LogP contribution >= 0.6 is 23.2 Å². The summed E-state index contributed by atoms with van der Waals surface area (Å²) in [6.07, 6.45) is -10.7. The Morgan fingerprint density at radius 1 is 0.985 bits per heavy atom. The minimum Gasteiger partial charge on any atom is -0.354 e. The Kier molecular flexibility index (Phi) is 18.0. The Bertz CT molecular complexity index is 1940. The zero-order chi connectivity index (χ0) is 48.8. The topological polar surface area (TPSA) is 177 Å². The molecule has 3 aliphatic rings. The number of carbonyl (C=O) groups excluding carboxylic acids is 7. The molecular weight excluding hydrogens is 911 g/mol. The molecule has 14 nitrogen and oxygen atoms in total. The second-order valence-corrected chi connectivity index (χ2v) is 18.6. The standard InChI is InChI=1S/C43H59Cl2F6N7O7/c1-7-11-29-34(59)52-15-10-9-12-31(35(60)55-30(16-23(3)4)39(64)57(6)32(36(61)54-29)18-24-17-25(44)13-14-27(24)45)56(5)38(63)28(8-2)53-37(62)33-19-26(46)20-58(33)40(65)41(43(49,50)51)21-42(47,48)22-41/h13-14,17,23,26,28-33H,7-12,15-16,18-22H2,1-6H3,(H,52,59)(H,53,62)(H,54,61)(H,55,60)/t26-,28+,29-,30+,31+,32+,33+/m1/s1. The normalized spacial score (nSPS) is 26.1. The molecule has 0 radical (unpaired) electrons. The molecule has 4 rings (SSSR count). The second-order valence-electron chi connectivity index (χ2n) is 17.8. The first-order valence-electron chi connectivity index (χ1n) is 21.8. The van der Waals surface area contributed by atoms with E-state index in [0.29, 0.717) is 28.3 Å². The lowest BCUT2D eigenvalue weighted by molar-refractivity contribution is -0.299. The van der Waals surface area contributed by atoms with Gasteiger partial charge in [-0.2, -0.15) is 13.2 Å². The van der Waals surface area contributed by atoms with Crippen LogP contribution in [0.15, 0.2) is 18.2 Å². The summed E-state index contributed by atoms with van der Waals surface area (Å²) in [4.78, 5) is 100. The summed E-state index contributed by atoms with van der Waals surface area (Å²) in [5.41, 5.74) is -3.09. The van der Waals surface area contributed by atoms with Crippen LogP contribution in [0.1, 0.15) is 97.5 Å². The third kappa shape index (κ3) is 12.8. The predicted octanol–water partition coefficient (Wildman–Crippen LogP) is 5.12. The molecule has 0 bridgehead atoms. The largest absolute Gasteiger partial charge is 0.403 e. The van der Waals surface area contributed by atoms with Crippen molar-refractivity contribution in [2.24, 2.45) is 11.3 Å². The van der Waals surface area contributed by atoms with Crippen molar-refractivity contribution in [1.82, 2.24) is 36.0 Å². The zero-order valence-electron chi connectivity index (χ0n) is 37.3. The lowest BCUT2D eigenvalue weighted by Gasteiger charge is -2.48. The molecule has 1 aromatic carbocycles. The van der Waals surface area contributed by atoms with Crippen molar-refractivity contribution >= 4 is 64.6 Å². The molecule has 1 aromatic rings. The van der Waals surface area contributed by atoms with E-state index in [0.717, 1.165) is 9.80 Å². The molecular formula is C43H59Cl2F6N7O7. The summed E-state index contributed by atoms with van der Waals surface area (Å²) in [7, 11) is 2.64. The molecule has 0 aromatic heterocycles. The average Bonchev–Trinajstić information content (AvgIpc) is 3.61. The van der Waals surface area contributed by atoms with Crippen LogP contribution in [-0.2, 0) is 40.0 Å². The van der Waals surface area contributed by atoms with Gasteiger partial charge in [0.2, 0.25) is 41.4 Å². The molecule has 2 aliphatic heterocycles. The number of carbonyl (C=O) groups is 7. The van der Waals surface area contributed by atoms with E-state index in [1.165, 1.54) is 27.1 Å². The summed E-state index contributed by atoms with van der Waals surface area (Å²) in [5, 5.41) is 11.3. The van der Waals surface area contributed by atoms with Crippen LogP contribution in [0, 0.1) is 11.3 Å². The molecule has 364 valence electrons. The van der Waals surface area contributed by atoms with Gasteiger partial charge in [-0.05, 0) is 68.2 Å². The SMILES string of the molecule is CCC[C@H]1NC(=O)[C@H](Cc2cc(Cl)ccc2Cl)N(C)C(=O)[C@H](CC(C)C)NC(=O)[C@@H](N(C)C(=O)[C@H](CC)NC(=O)[C@@H]2C[C@@H](F)CN2C(=O)C2(C(F)(F)F)CC(F)(F)C2)CCCCNC1=O. The highest BCUT2D eigenvalue weighted by Crippen LogP contribution is 2.61. The van der Waals surface area contributed by atoms with E-state index in [4.69, 9.17) is 23.2 Å². The van der Waals surface area contributed by atoms with Gasteiger partial charge in [0.25, 0.3) is 5.92 Å². The smallest absolute Gasteiger partial charge is 0.354 e. The lowest BCUT2D eigenvalue weighted by Crippen LogP contribution is -2.65. The number of nitrogens with one attached hydrogen (secondary N) is 4. The van der Waals surface area contributed by atoms with Crippen LogP contribution in [0.25, 0.3) is 0 Å². The number of hydrogen-bond donors (Lipinski definition) is 4. The highest BCUT2D eigenvalue weighted by atomic mass is 35.5. The minimum atomic E-state index is -5.42. The number of likely N-dealkylation sites (tertiary alicyclic amines) is 1. The number of nitrogens with zero attached hydrogens (tertiary/aromatic N) is 3. The van der Waals surface area contributed by atoms with Crippen molar-refractivity contribution in [3.63, 3.8) is 0 Å². The fraction of sp³-hybridized carbons (Fsp3) is 0.698. The van der Waals surface area contributed by atoms with E-state index < -0.39 is 127 Å². The summed E-state index contributed by atoms with van der Waals surface area (Å²) >= 11 is 12.8. The number of halogens is 8. The Morgan fingerprint density at radius 3 is 2.22 bits per heavy atom. The fourth-order valence-electron chi connectivity index (χ4n) is 8.64. The summed E-state index contributed by atoms with van der Waals surface area (Å²) in [5.74, 6) is -10.5. The average molecular weight is 971 g/mol. The van der Waals surface area contributed by atoms with E-state index in [9.17, 15) is 59.9 Å². The summed E-state index contributed by atoms with van der Waals surface area (Å²) < 4.78 is 84.8. The molecule has 3 fully saturated rings. The monoisotopic (exact) mass is 969 g/mol. The van der Waals surface area contributed by atoms with E-state index >= 15 is 0 Å². The number of alkyl halides is 6. The number of likely N-dealkylation sites (N-methyl/N-ethyl adjacent to an activating group) is 2. The molecule has 2 saturated heterocycles. The van der Waals surface area contributed by atoms with Crippen LogP contribution in [0.4, 0.5) is 26.3 Å². The molecule has 7 atom stereocenters. The van der Waals surface area contributed by atoms with Gasteiger partial charge in [-0.1, -0.05) is 57.3 Å². The van der Waals surface area contributed by atoms with Gasteiger partial charge >= 0.3 is 6.18 Å². The Labute approximate surface area is 384 Å². The fourth-order valence-corrected chi connectivity index (χ4v) is 9.03. The van der Waals surface area contributed by atoms with E-state index in [-0.39, 0.29) is 56.0 Å². The number of amides is 7. The Hall–Kier alpha value is -4.33. The van der Waals surface area contributed by atoms with Crippen molar-refractivity contribution in [1.29, 1.82) is 0 Å². The molecule has 7 amide bonds. The highest BCUT2D eigenvalue weighted by Gasteiger charge is 2.75. The Morgan fingerprint density at radius 2 is 1.63 bits per heavy atom. The van der Waals surface area contributed by atoms with Crippen molar-refractivity contribution in [3.05, 3.63) is 33.8 Å². The van der Waals surface area contributed by atoms with Crippen LogP contribution in [-0.4, -0.2) is 138 Å². The van der Waals surface area contributed by atoms with Crippen molar-refractivity contribution in [2.75, 3.05) is 27.2 Å². The van der Waals surface area contributed by atoms with Gasteiger partial charge < -0.3 is 36.0 Å². The number of rotatable bonds is 12. The van der Waals surface area contributed by atoms with Gasteiger partial charge in [0.1, 0.15) is 42.4 Å². The van der Waals surface area contributed by atoms with Gasteiger partial charge in [0.15, 0.2) is 5.41 Å². The predicted molar refractivity (Wildman–Crippen MR) is 228 cm³/mol. The molecule has 22 heteroatoms. The maximum absolute atomic E-state index is 14.8. The van der Waals surface area contributed by atoms with Gasteiger partial charge in [-0.15, -0.1) is 0 Å². The number of hydrogen-bond acceptors (Lipinski definition) is 7. The van der Waals surface area contributed by atoms with Crippen LogP contribution in [0.2, 0.25) is 10.0 Å². The van der Waals surface area contributed by atoms with E-state index in [2.05, 4.69) is 21.3 Å². The second kappa shape index (κ2) is 22.0. The first kappa shape index (κ1) is 53.3. The molecule has 0 unspecified atom stereocenters. The molecule has 4 N–H and O–H groups in total. The van der Waals surface area contributed by atoms with Gasteiger partial charge in [0, 0.05) is 56.4 Å². The number of benzene rings is 1. The van der Waals surface area contributed by atoms with Crippen molar-refractivity contribution in [3.8, 4) is 0 Å². The molecule has 1 saturated carbocycles. The van der Waals surface area contributed by atoms with Crippen LogP contribution < -0.4 is 21.3 Å². The third-order valence-corrected chi connectivity index (χ3v) is 12.9. The summed E-state index contributed by atoms with van der Waals surface area (Å²) in [6, 6.07) is -3.48. The molecule has 65 heavy (non-hydrogen) atoms. The maximum Gasteiger partial charge on any atom is 0.403 e. The van der Waals surface area contributed by atoms with E-state index in [1.807, 2.05) is 6.92 Å². The van der Waals surface area contributed by atoms with Gasteiger partial charge in [0.05, 0.1) is 6.54 Å². The third-order valence-electron chi connectivity index (χ3n) is 12.3. The quantitative estimate of drug-likeness (QED) is 0.210. The van der Waals surface area contributed by atoms with Crippen LogP contribution in [0.3, 0.4) is 0 Å². The minimum absolute atomic E-state index is 0.0175. The maximum atomic E-state index is 14.8.